The Bertz CT molecular complexity index is 385. The molecule has 0 aromatic heterocycles. The normalized spacial score (nSPS) is 11.3. The van der Waals surface area contributed by atoms with Crippen LogP contribution in [0.1, 0.15) is 25.8 Å². The summed E-state index contributed by atoms with van der Waals surface area (Å²) in [5, 5.41) is 2.75. The van der Waals surface area contributed by atoms with E-state index in [2.05, 4.69) is 5.32 Å². The standard InChI is InChI=1S/C13H19FN2O/c1-13(2,15)9-16-12(17)7-6-10-4-3-5-11(14)8-10/h3-5,8H,6-7,9,15H2,1-2H3,(H,16,17). The zero-order chi connectivity index (χ0) is 12.9. The van der Waals surface area contributed by atoms with E-state index in [-0.39, 0.29) is 11.7 Å². The quantitative estimate of drug-likeness (QED) is 0.819. The number of hydrogen-bond acceptors (Lipinski definition) is 2. The Hall–Kier alpha value is -1.42. The fourth-order valence-corrected chi connectivity index (χ4v) is 1.37. The number of hydrogen-bond donors (Lipinski definition) is 2. The first-order valence-electron chi connectivity index (χ1n) is 5.67. The third kappa shape index (κ3) is 6.02. The van der Waals surface area contributed by atoms with E-state index in [1.807, 2.05) is 19.9 Å². The molecule has 0 aliphatic heterocycles. The SMILES string of the molecule is CC(C)(N)CNC(=O)CCc1cccc(F)c1. The van der Waals surface area contributed by atoms with Crippen molar-refractivity contribution in [2.24, 2.45) is 5.73 Å². The lowest BCUT2D eigenvalue weighted by atomic mass is 10.1. The number of rotatable bonds is 5. The summed E-state index contributed by atoms with van der Waals surface area (Å²) in [6.45, 7) is 4.13. The minimum Gasteiger partial charge on any atom is -0.354 e. The summed E-state index contributed by atoms with van der Waals surface area (Å²) in [5.74, 6) is -0.334. The van der Waals surface area contributed by atoms with Crippen LogP contribution in [0.3, 0.4) is 0 Å². The van der Waals surface area contributed by atoms with Gasteiger partial charge >= 0.3 is 0 Å². The summed E-state index contributed by atoms with van der Waals surface area (Å²) < 4.78 is 12.9. The molecule has 0 fully saturated rings. The molecule has 0 bridgehead atoms. The fraction of sp³-hybridized carbons (Fsp3) is 0.462. The van der Waals surface area contributed by atoms with Crippen molar-refractivity contribution in [1.29, 1.82) is 0 Å². The summed E-state index contributed by atoms with van der Waals surface area (Å²) in [6.07, 6.45) is 0.883. The Kier molecular flexibility index (Phi) is 4.63. The molecule has 1 aromatic rings. The van der Waals surface area contributed by atoms with Crippen LogP contribution in [0.5, 0.6) is 0 Å². The third-order valence-corrected chi connectivity index (χ3v) is 2.27. The number of benzene rings is 1. The first-order chi connectivity index (χ1) is 7.87. The van der Waals surface area contributed by atoms with Crippen molar-refractivity contribution in [2.45, 2.75) is 32.2 Å². The van der Waals surface area contributed by atoms with Crippen LogP contribution in [0.15, 0.2) is 24.3 Å². The number of halogens is 1. The van der Waals surface area contributed by atoms with Crippen molar-refractivity contribution in [3.8, 4) is 0 Å². The molecule has 0 saturated carbocycles. The first-order valence-corrected chi connectivity index (χ1v) is 5.67. The molecule has 0 radical (unpaired) electrons. The summed E-state index contributed by atoms with van der Waals surface area (Å²) in [4.78, 5) is 11.5. The van der Waals surface area contributed by atoms with E-state index in [1.165, 1.54) is 12.1 Å². The molecular weight excluding hydrogens is 219 g/mol. The molecule has 0 saturated heterocycles. The Morgan fingerprint density at radius 2 is 2.18 bits per heavy atom. The number of aryl methyl sites for hydroxylation is 1. The van der Waals surface area contributed by atoms with Gasteiger partial charge in [-0.05, 0) is 38.0 Å². The molecule has 0 spiro atoms. The highest BCUT2D eigenvalue weighted by Gasteiger charge is 2.12. The lowest BCUT2D eigenvalue weighted by Gasteiger charge is -2.18. The van der Waals surface area contributed by atoms with E-state index in [1.54, 1.807) is 6.07 Å². The molecule has 1 amide bonds. The minimum atomic E-state index is -0.408. The molecule has 0 atom stereocenters. The molecule has 1 aromatic carbocycles. The number of nitrogens with two attached hydrogens (primary N) is 1. The maximum Gasteiger partial charge on any atom is 0.220 e. The second-order valence-corrected chi connectivity index (χ2v) is 4.90. The van der Waals surface area contributed by atoms with Crippen molar-refractivity contribution in [3.63, 3.8) is 0 Å². The molecule has 0 aliphatic rings. The lowest BCUT2D eigenvalue weighted by molar-refractivity contribution is -0.121. The predicted octanol–water partition coefficient (Wildman–Crippen LogP) is 1.61. The molecular formula is C13H19FN2O. The fourth-order valence-electron chi connectivity index (χ4n) is 1.37. The molecule has 0 aliphatic carbocycles. The summed E-state index contributed by atoms with van der Waals surface area (Å²) in [5.41, 5.74) is 6.16. The topological polar surface area (TPSA) is 55.1 Å². The highest BCUT2D eigenvalue weighted by atomic mass is 19.1. The Balaban J connectivity index is 2.33. The maximum absolute atomic E-state index is 12.9. The van der Waals surface area contributed by atoms with Crippen molar-refractivity contribution in [2.75, 3.05) is 6.54 Å². The van der Waals surface area contributed by atoms with Gasteiger partial charge in [0.25, 0.3) is 0 Å². The van der Waals surface area contributed by atoms with Crippen molar-refractivity contribution >= 4 is 5.91 Å². The van der Waals surface area contributed by atoms with Crippen molar-refractivity contribution in [3.05, 3.63) is 35.6 Å². The van der Waals surface area contributed by atoms with Gasteiger partial charge in [-0.1, -0.05) is 12.1 Å². The van der Waals surface area contributed by atoms with Gasteiger partial charge in [0.05, 0.1) is 0 Å². The van der Waals surface area contributed by atoms with Crippen LogP contribution in [-0.2, 0) is 11.2 Å². The Morgan fingerprint density at radius 1 is 1.47 bits per heavy atom. The number of nitrogens with one attached hydrogen (secondary N) is 1. The zero-order valence-corrected chi connectivity index (χ0v) is 10.3. The average Bonchev–Trinajstić information content (AvgIpc) is 2.23. The van der Waals surface area contributed by atoms with Gasteiger partial charge in [-0.25, -0.2) is 4.39 Å². The van der Waals surface area contributed by atoms with Crippen LogP contribution >= 0.6 is 0 Å². The molecule has 3 N–H and O–H groups in total. The minimum absolute atomic E-state index is 0.0622. The van der Waals surface area contributed by atoms with Crippen LogP contribution in [0.25, 0.3) is 0 Å². The van der Waals surface area contributed by atoms with Gasteiger partial charge in [0.2, 0.25) is 5.91 Å². The second kappa shape index (κ2) is 5.77. The lowest BCUT2D eigenvalue weighted by Crippen LogP contribution is -2.45. The van der Waals surface area contributed by atoms with Crippen LogP contribution < -0.4 is 11.1 Å². The molecule has 0 heterocycles. The predicted molar refractivity (Wildman–Crippen MR) is 66.0 cm³/mol. The zero-order valence-electron chi connectivity index (χ0n) is 10.3. The van der Waals surface area contributed by atoms with Crippen LogP contribution in [0, 0.1) is 5.82 Å². The highest BCUT2D eigenvalue weighted by Crippen LogP contribution is 2.06. The van der Waals surface area contributed by atoms with Crippen LogP contribution in [-0.4, -0.2) is 18.0 Å². The van der Waals surface area contributed by atoms with Gasteiger partial charge in [-0.3, -0.25) is 4.79 Å². The average molecular weight is 238 g/mol. The largest absolute Gasteiger partial charge is 0.354 e. The Labute approximate surface area is 101 Å². The van der Waals surface area contributed by atoms with E-state index in [0.29, 0.717) is 19.4 Å². The van der Waals surface area contributed by atoms with E-state index >= 15 is 0 Å². The highest BCUT2D eigenvalue weighted by molar-refractivity contribution is 5.76. The summed E-state index contributed by atoms with van der Waals surface area (Å²) in [6, 6.07) is 6.29. The smallest absolute Gasteiger partial charge is 0.220 e. The van der Waals surface area contributed by atoms with Crippen LogP contribution in [0.4, 0.5) is 4.39 Å². The van der Waals surface area contributed by atoms with Gasteiger partial charge < -0.3 is 11.1 Å². The monoisotopic (exact) mass is 238 g/mol. The van der Waals surface area contributed by atoms with E-state index < -0.39 is 5.54 Å². The third-order valence-electron chi connectivity index (χ3n) is 2.27. The van der Waals surface area contributed by atoms with Gasteiger partial charge in [0.1, 0.15) is 5.82 Å². The molecule has 4 heteroatoms. The molecule has 3 nitrogen and oxygen atoms in total. The number of amides is 1. The second-order valence-electron chi connectivity index (χ2n) is 4.90. The molecule has 1 rings (SSSR count). The number of carbonyl (C=O) groups excluding carboxylic acids is 1. The van der Waals surface area contributed by atoms with E-state index in [9.17, 15) is 9.18 Å². The van der Waals surface area contributed by atoms with Gasteiger partial charge in [-0.15, -0.1) is 0 Å². The number of carbonyl (C=O) groups is 1. The summed E-state index contributed by atoms with van der Waals surface area (Å²) in [7, 11) is 0. The summed E-state index contributed by atoms with van der Waals surface area (Å²) >= 11 is 0. The molecule has 0 unspecified atom stereocenters. The van der Waals surface area contributed by atoms with Gasteiger partial charge in [0.15, 0.2) is 0 Å². The van der Waals surface area contributed by atoms with Crippen molar-refractivity contribution in [1.82, 2.24) is 5.32 Å². The van der Waals surface area contributed by atoms with Gasteiger partial charge in [-0.2, -0.15) is 0 Å². The Morgan fingerprint density at radius 3 is 2.76 bits per heavy atom. The molecule has 17 heavy (non-hydrogen) atoms. The van der Waals surface area contributed by atoms with Crippen LogP contribution in [0.2, 0.25) is 0 Å². The maximum atomic E-state index is 12.9. The van der Waals surface area contributed by atoms with E-state index in [4.69, 9.17) is 5.73 Å². The van der Waals surface area contributed by atoms with E-state index in [0.717, 1.165) is 5.56 Å². The van der Waals surface area contributed by atoms with Crippen molar-refractivity contribution < 1.29 is 9.18 Å². The first kappa shape index (κ1) is 13.6. The van der Waals surface area contributed by atoms with Gasteiger partial charge in [0, 0.05) is 18.5 Å². The molecule has 94 valence electrons.